The van der Waals surface area contributed by atoms with Crippen molar-refractivity contribution in [1.29, 1.82) is 0 Å². The Morgan fingerprint density at radius 3 is 2.77 bits per heavy atom. The Morgan fingerprint density at radius 2 is 2.15 bits per heavy atom. The molecule has 0 amide bonds. The summed E-state index contributed by atoms with van der Waals surface area (Å²) in [4.78, 5) is 1.18. The predicted octanol–water partition coefficient (Wildman–Crippen LogP) is 4.29. The van der Waals surface area contributed by atoms with Crippen molar-refractivity contribution in [2.24, 2.45) is 0 Å². The van der Waals surface area contributed by atoms with Crippen LogP contribution in [0.2, 0.25) is 0 Å². The smallest absolute Gasteiger partial charge is 0.0981 e. The lowest BCUT2D eigenvalue weighted by molar-refractivity contribution is 0.355. The van der Waals surface area contributed by atoms with Gasteiger partial charge in [0.05, 0.1) is 6.17 Å². The first kappa shape index (κ1) is 11.1. The molecule has 3 heteroatoms. The van der Waals surface area contributed by atoms with Crippen molar-refractivity contribution in [3.63, 3.8) is 0 Å². The van der Waals surface area contributed by atoms with Crippen LogP contribution in [0.1, 0.15) is 13.3 Å². The van der Waals surface area contributed by atoms with Crippen molar-refractivity contribution < 1.29 is 4.39 Å². The summed E-state index contributed by atoms with van der Waals surface area (Å²) in [6, 6.07) is 8.01. The van der Waals surface area contributed by atoms with Gasteiger partial charge in [-0.15, -0.1) is 11.8 Å². The topological polar surface area (TPSA) is 0 Å². The third-order valence-corrected chi connectivity index (χ3v) is 3.67. The van der Waals surface area contributed by atoms with E-state index in [1.165, 1.54) is 4.90 Å². The fraction of sp³-hybridized carbons (Fsp3) is 0.400. The molecule has 0 bridgehead atoms. The van der Waals surface area contributed by atoms with E-state index >= 15 is 0 Å². The van der Waals surface area contributed by atoms with Gasteiger partial charge in [0.2, 0.25) is 0 Å². The van der Waals surface area contributed by atoms with E-state index in [9.17, 15) is 4.39 Å². The lowest BCUT2D eigenvalue weighted by Gasteiger charge is -2.04. The van der Waals surface area contributed by atoms with E-state index in [1.807, 2.05) is 24.3 Å². The molecule has 1 aromatic carbocycles. The Kier molecular flexibility index (Phi) is 4.81. The van der Waals surface area contributed by atoms with Crippen molar-refractivity contribution in [2.45, 2.75) is 24.4 Å². The highest BCUT2D eigenvalue weighted by atomic mass is 79.9. The molecule has 0 radical (unpaired) electrons. The van der Waals surface area contributed by atoms with Crippen LogP contribution in [0.25, 0.3) is 0 Å². The number of halogens is 2. The second-order valence-corrected chi connectivity index (χ2v) is 4.84. The maximum absolute atomic E-state index is 12.5. The minimum absolute atomic E-state index is 0.617. The molecule has 0 N–H and O–H groups in total. The van der Waals surface area contributed by atoms with Crippen molar-refractivity contribution in [3.05, 3.63) is 28.7 Å². The number of hydrogen-bond acceptors (Lipinski definition) is 1. The fourth-order valence-corrected chi connectivity index (χ4v) is 2.56. The largest absolute Gasteiger partial charge is 0.248 e. The Hall–Kier alpha value is -0.0200. The Bertz CT molecular complexity index is 263. The summed E-state index contributed by atoms with van der Waals surface area (Å²) in [6.07, 6.45) is -0.0820. The number of rotatable bonds is 4. The summed E-state index contributed by atoms with van der Waals surface area (Å²) < 4.78 is 13.6. The summed E-state index contributed by atoms with van der Waals surface area (Å²) in [5, 5.41) is 0. The van der Waals surface area contributed by atoms with E-state index < -0.39 is 6.17 Å². The molecule has 0 spiro atoms. The van der Waals surface area contributed by atoms with Crippen LogP contribution in [0.4, 0.5) is 4.39 Å². The summed E-state index contributed by atoms with van der Waals surface area (Å²) in [5.74, 6) is 0.834. The van der Waals surface area contributed by atoms with Gasteiger partial charge >= 0.3 is 0 Å². The summed E-state index contributed by atoms with van der Waals surface area (Å²) in [7, 11) is 0. The van der Waals surface area contributed by atoms with Gasteiger partial charge in [-0.25, -0.2) is 4.39 Å². The van der Waals surface area contributed by atoms with Crippen LogP contribution < -0.4 is 0 Å². The number of benzene rings is 1. The molecule has 72 valence electrons. The second kappa shape index (κ2) is 5.66. The van der Waals surface area contributed by atoms with Crippen LogP contribution in [0.15, 0.2) is 33.6 Å². The van der Waals surface area contributed by atoms with Gasteiger partial charge in [-0.05, 0) is 41.4 Å². The number of thioether (sulfide) groups is 1. The van der Waals surface area contributed by atoms with Crippen LogP contribution >= 0.6 is 27.7 Å². The molecule has 1 rings (SSSR count). The highest BCUT2D eigenvalue weighted by molar-refractivity contribution is 9.10. The van der Waals surface area contributed by atoms with Gasteiger partial charge in [0.15, 0.2) is 0 Å². The van der Waals surface area contributed by atoms with Gasteiger partial charge in [0.1, 0.15) is 0 Å². The number of hydrogen-bond donors (Lipinski definition) is 0. The SMILES string of the molecule is CC(F)CCSc1ccccc1Br. The third-order valence-electron chi connectivity index (χ3n) is 1.61. The molecule has 0 aliphatic rings. The molecule has 1 aromatic rings. The lowest BCUT2D eigenvalue weighted by Crippen LogP contribution is -1.93. The van der Waals surface area contributed by atoms with Gasteiger partial charge in [0.25, 0.3) is 0 Å². The first-order valence-electron chi connectivity index (χ1n) is 4.21. The fourth-order valence-electron chi connectivity index (χ4n) is 0.893. The van der Waals surface area contributed by atoms with Crippen LogP contribution in [0.3, 0.4) is 0 Å². The predicted molar refractivity (Wildman–Crippen MR) is 60.1 cm³/mol. The first-order valence-corrected chi connectivity index (χ1v) is 5.99. The molecule has 0 fully saturated rings. The molecular weight excluding hydrogens is 251 g/mol. The molecule has 13 heavy (non-hydrogen) atoms. The summed E-state index contributed by atoms with van der Waals surface area (Å²) in [6.45, 7) is 1.60. The quantitative estimate of drug-likeness (QED) is 0.730. The van der Waals surface area contributed by atoms with Gasteiger partial charge in [-0.3, -0.25) is 0 Å². The molecule has 1 atom stereocenters. The zero-order chi connectivity index (χ0) is 9.68. The van der Waals surface area contributed by atoms with Gasteiger partial charge in [-0.2, -0.15) is 0 Å². The highest BCUT2D eigenvalue weighted by Gasteiger charge is 2.01. The van der Waals surface area contributed by atoms with E-state index in [1.54, 1.807) is 18.7 Å². The molecule has 0 aromatic heterocycles. The van der Waals surface area contributed by atoms with Crippen LogP contribution in [0, 0.1) is 0 Å². The molecule has 0 aliphatic carbocycles. The zero-order valence-electron chi connectivity index (χ0n) is 7.47. The standard InChI is InChI=1S/C10H12BrFS/c1-8(12)6-7-13-10-5-3-2-4-9(10)11/h2-5,8H,6-7H2,1H3. The molecular formula is C10H12BrFS. The molecule has 0 aliphatic heterocycles. The summed E-state index contributed by atoms with van der Waals surface area (Å²) >= 11 is 5.14. The van der Waals surface area contributed by atoms with E-state index in [0.29, 0.717) is 6.42 Å². The number of alkyl halides is 1. The normalized spacial score (nSPS) is 12.8. The lowest BCUT2D eigenvalue weighted by atomic mass is 10.3. The Labute approximate surface area is 91.0 Å². The van der Waals surface area contributed by atoms with E-state index in [-0.39, 0.29) is 0 Å². The highest BCUT2D eigenvalue weighted by Crippen LogP contribution is 2.27. The van der Waals surface area contributed by atoms with Crippen molar-refractivity contribution in [1.82, 2.24) is 0 Å². The maximum atomic E-state index is 12.5. The van der Waals surface area contributed by atoms with Crippen LogP contribution in [-0.4, -0.2) is 11.9 Å². The van der Waals surface area contributed by atoms with Gasteiger partial charge in [0, 0.05) is 15.1 Å². The minimum atomic E-state index is -0.699. The minimum Gasteiger partial charge on any atom is -0.248 e. The second-order valence-electron chi connectivity index (χ2n) is 2.85. The molecule has 0 saturated heterocycles. The summed E-state index contributed by atoms with van der Waals surface area (Å²) in [5.41, 5.74) is 0. The van der Waals surface area contributed by atoms with Crippen LogP contribution in [0.5, 0.6) is 0 Å². The van der Waals surface area contributed by atoms with Gasteiger partial charge in [-0.1, -0.05) is 12.1 Å². The average Bonchev–Trinajstić information content (AvgIpc) is 2.08. The zero-order valence-corrected chi connectivity index (χ0v) is 9.87. The first-order chi connectivity index (χ1) is 6.20. The van der Waals surface area contributed by atoms with E-state index in [0.717, 1.165) is 10.2 Å². The third kappa shape index (κ3) is 4.14. The monoisotopic (exact) mass is 262 g/mol. The molecule has 1 unspecified atom stereocenters. The van der Waals surface area contributed by atoms with Gasteiger partial charge < -0.3 is 0 Å². The molecule has 0 saturated carbocycles. The van der Waals surface area contributed by atoms with E-state index in [4.69, 9.17) is 0 Å². The average molecular weight is 263 g/mol. The Balaban J connectivity index is 2.41. The van der Waals surface area contributed by atoms with Crippen molar-refractivity contribution >= 4 is 27.7 Å². The molecule has 0 heterocycles. The Morgan fingerprint density at radius 1 is 1.46 bits per heavy atom. The van der Waals surface area contributed by atoms with E-state index in [2.05, 4.69) is 15.9 Å². The molecule has 0 nitrogen and oxygen atoms in total. The maximum Gasteiger partial charge on any atom is 0.0981 e. The van der Waals surface area contributed by atoms with Crippen molar-refractivity contribution in [3.8, 4) is 0 Å². The van der Waals surface area contributed by atoms with Crippen molar-refractivity contribution in [2.75, 3.05) is 5.75 Å². The van der Waals surface area contributed by atoms with Crippen LogP contribution in [-0.2, 0) is 0 Å².